The molecule has 21 heavy (non-hydrogen) atoms. The molecule has 2 saturated heterocycles. The number of halogens is 1. The number of amides is 1. The number of piperidine rings is 1. The first-order valence-electron chi connectivity index (χ1n) is 8.01. The van der Waals surface area contributed by atoms with Gasteiger partial charge in [0, 0.05) is 32.1 Å². The van der Waals surface area contributed by atoms with Gasteiger partial charge in [0.2, 0.25) is 5.91 Å². The minimum atomic E-state index is 0. The second-order valence-electron chi connectivity index (χ2n) is 6.19. The molecule has 0 saturated carbocycles. The van der Waals surface area contributed by atoms with E-state index in [9.17, 15) is 4.79 Å². The highest BCUT2D eigenvalue weighted by molar-refractivity contribution is 5.85. The van der Waals surface area contributed by atoms with Crippen LogP contribution in [0.5, 0.6) is 0 Å². The number of hydrogen-bond acceptors (Lipinski definition) is 4. The molecule has 0 spiro atoms. The van der Waals surface area contributed by atoms with Gasteiger partial charge in [-0.2, -0.15) is 0 Å². The molecule has 0 radical (unpaired) electrons. The fourth-order valence-electron chi connectivity index (χ4n) is 3.21. The van der Waals surface area contributed by atoms with E-state index in [1.54, 1.807) is 0 Å². The summed E-state index contributed by atoms with van der Waals surface area (Å²) in [4.78, 5) is 14.4. The van der Waals surface area contributed by atoms with Gasteiger partial charge in [-0.1, -0.05) is 0 Å². The second-order valence-corrected chi connectivity index (χ2v) is 6.19. The Labute approximate surface area is 134 Å². The van der Waals surface area contributed by atoms with E-state index in [0.29, 0.717) is 12.2 Å². The van der Waals surface area contributed by atoms with Gasteiger partial charge in [-0.15, -0.1) is 12.4 Å². The summed E-state index contributed by atoms with van der Waals surface area (Å²) in [6.45, 7) is 10.1. The molecule has 2 aliphatic heterocycles. The highest BCUT2D eigenvalue weighted by Crippen LogP contribution is 2.12. The van der Waals surface area contributed by atoms with E-state index >= 15 is 0 Å². The second kappa shape index (κ2) is 9.62. The van der Waals surface area contributed by atoms with Crippen LogP contribution in [0.4, 0.5) is 0 Å². The van der Waals surface area contributed by atoms with Crippen LogP contribution in [0.15, 0.2) is 0 Å². The summed E-state index contributed by atoms with van der Waals surface area (Å²) < 4.78 is 5.72. The van der Waals surface area contributed by atoms with Crippen molar-refractivity contribution >= 4 is 18.3 Å². The van der Waals surface area contributed by atoms with E-state index in [2.05, 4.69) is 29.4 Å². The van der Waals surface area contributed by atoms with E-state index in [-0.39, 0.29) is 24.2 Å². The summed E-state index contributed by atoms with van der Waals surface area (Å²) in [5.41, 5.74) is 0. The minimum absolute atomic E-state index is 0. The van der Waals surface area contributed by atoms with E-state index in [1.807, 2.05) is 0 Å². The SMILES string of the molecule is CC1CN(CCCNC(=O)C2CCNCC2)CC(C)O1.Cl. The first kappa shape index (κ1) is 18.7. The molecule has 5 nitrogen and oxygen atoms in total. The predicted octanol–water partition coefficient (Wildman–Crippen LogP) is 1.02. The largest absolute Gasteiger partial charge is 0.373 e. The van der Waals surface area contributed by atoms with Crippen LogP contribution in [0.3, 0.4) is 0 Å². The summed E-state index contributed by atoms with van der Waals surface area (Å²) in [5.74, 6) is 0.467. The molecule has 2 aliphatic rings. The molecule has 2 rings (SSSR count). The van der Waals surface area contributed by atoms with Gasteiger partial charge in [0.05, 0.1) is 12.2 Å². The van der Waals surface area contributed by atoms with Crippen LogP contribution < -0.4 is 10.6 Å². The first-order chi connectivity index (χ1) is 9.65. The van der Waals surface area contributed by atoms with Crippen molar-refractivity contribution in [3.8, 4) is 0 Å². The van der Waals surface area contributed by atoms with Crippen LogP contribution in [-0.4, -0.2) is 62.3 Å². The highest BCUT2D eigenvalue weighted by Gasteiger charge is 2.22. The Morgan fingerprint density at radius 3 is 2.48 bits per heavy atom. The van der Waals surface area contributed by atoms with Crippen LogP contribution in [-0.2, 0) is 9.53 Å². The zero-order valence-corrected chi connectivity index (χ0v) is 14.1. The molecule has 2 heterocycles. The lowest BCUT2D eigenvalue weighted by molar-refractivity contribution is -0.125. The van der Waals surface area contributed by atoms with Gasteiger partial charge in [0.15, 0.2) is 0 Å². The van der Waals surface area contributed by atoms with Gasteiger partial charge in [-0.05, 0) is 46.2 Å². The average molecular weight is 320 g/mol. The van der Waals surface area contributed by atoms with Gasteiger partial charge >= 0.3 is 0 Å². The maximum absolute atomic E-state index is 12.0. The summed E-state index contributed by atoms with van der Waals surface area (Å²) in [6, 6.07) is 0. The molecule has 0 aromatic rings. The van der Waals surface area contributed by atoms with Gasteiger partial charge in [-0.25, -0.2) is 0 Å². The van der Waals surface area contributed by atoms with Crippen LogP contribution >= 0.6 is 12.4 Å². The van der Waals surface area contributed by atoms with Crippen molar-refractivity contribution in [2.45, 2.75) is 45.3 Å². The third-order valence-electron chi connectivity index (χ3n) is 4.16. The standard InChI is InChI=1S/C15H29N3O2.ClH/c1-12-10-18(11-13(2)20-12)9-3-6-17-15(19)14-4-7-16-8-5-14;/h12-14,16H,3-11H2,1-2H3,(H,17,19);1H. The van der Waals surface area contributed by atoms with E-state index in [1.165, 1.54) is 0 Å². The number of ether oxygens (including phenoxy) is 1. The summed E-state index contributed by atoms with van der Waals surface area (Å²) in [6.07, 6.45) is 3.62. The fraction of sp³-hybridized carbons (Fsp3) is 0.933. The molecule has 0 aliphatic carbocycles. The Bertz CT molecular complexity index is 301. The number of nitrogens with zero attached hydrogens (tertiary/aromatic N) is 1. The number of morpholine rings is 1. The summed E-state index contributed by atoms with van der Waals surface area (Å²) >= 11 is 0. The molecule has 2 atom stereocenters. The Kier molecular flexibility index (Phi) is 8.56. The van der Waals surface area contributed by atoms with Crippen molar-refractivity contribution in [3.63, 3.8) is 0 Å². The maximum Gasteiger partial charge on any atom is 0.223 e. The van der Waals surface area contributed by atoms with Gasteiger partial charge < -0.3 is 15.4 Å². The molecule has 0 aromatic heterocycles. The quantitative estimate of drug-likeness (QED) is 0.743. The van der Waals surface area contributed by atoms with Crippen molar-refractivity contribution in [1.29, 1.82) is 0 Å². The Morgan fingerprint density at radius 2 is 1.86 bits per heavy atom. The zero-order valence-electron chi connectivity index (χ0n) is 13.3. The van der Waals surface area contributed by atoms with Crippen LogP contribution in [0.2, 0.25) is 0 Å². The van der Waals surface area contributed by atoms with Crippen LogP contribution in [0.25, 0.3) is 0 Å². The molecular weight excluding hydrogens is 290 g/mol. The monoisotopic (exact) mass is 319 g/mol. The van der Waals surface area contributed by atoms with Crippen molar-refractivity contribution in [2.75, 3.05) is 39.3 Å². The van der Waals surface area contributed by atoms with E-state index in [4.69, 9.17) is 4.74 Å². The Balaban J connectivity index is 0.00000220. The molecule has 124 valence electrons. The smallest absolute Gasteiger partial charge is 0.223 e. The van der Waals surface area contributed by atoms with Crippen molar-refractivity contribution < 1.29 is 9.53 Å². The average Bonchev–Trinajstić information content (AvgIpc) is 2.43. The predicted molar refractivity (Wildman–Crippen MR) is 86.9 cm³/mol. The minimum Gasteiger partial charge on any atom is -0.373 e. The Morgan fingerprint density at radius 1 is 1.24 bits per heavy atom. The number of hydrogen-bond donors (Lipinski definition) is 2. The van der Waals surface area contributed by atoms with Crippen molar-refractivity contribution in [3.05, 3.63) is 0 Å². The topological polar surface area (TPSA) is 53.6 Å². The zero-order chi connectivity index (χ0) is 14.4. The van der Waals surface area contributed by atoms with Gasteiger partial charge in [0.1, 0.15) is 0 Å². The fourth-order valence-corrected chi connectivity index (χ4v) is 3.21. The normalized spacial score (nSPS) is 27.9. The molecule has 6 heteroatoms. The van der Waals surface area contributed by atoms with E-state index < -0.39 is 0 Å². The summed E-state index contributed by atoms with van der Waals surface area (Å²) in [7, 11) is 0. The number of carbonyl (C=O) groups excluding carboxylic acids is 1. The number of rotatable bonds is 5. The molecule has 0 bridgehead atoms. The molecule has 2 N–H and O–H groups in total. The molecule has 2 fully saturated rings. The summed E-state index contributed by atoms with van der Waals surface area (Å²) in [5, 5.41) is 6.38. The highest BCUT2D eigenvalue weighted by atomic mass is 35.5. The molecule has 1 amide bonds. The van der Waals surface area contributed by atoms with Crippen LogP contribution in [0.1, 0.15) is 33.1 Å². The van der Waals surface area contributed by atoms with E-state index in [0.717, 1.165) is 58.5 Å². The van der Waals surface area contributed by atoms with Gasteiger partial charge in [-0.3, -0.25) is 9.69 Å². The number of carbonyl (C=O) groups is 1. The lowest BCUT2D eigenvalue weighted by Gasteiger charge is -2.35. The third kappa shape index (κ3) is 6.51. The van der Waals surface area contributed by atoms with Crippen molar-refractivity contribution in [1.82, 2.24) is 15.5 Å². The lowest BCUT2D eigenvalue weighted by atomic mass is 9.97. The van der Waals surface area contributed by atoms with Gasteiger partial charge in [0.25, 0.3) is 0 Å². The first-order valence-corrected chi connectivity index (χ1v) is 8.01. The third-order valence-corrected chi connectivity index (χ3v) is 4.16. The molecule has 0 aromatic carbocycles. The maximum atomic E-state index is 12.0. The lowest BCUT2D eigenvalue weighted by Crippen LogP contribution is -2.46. The number of nitrogens with one attached hydrogen (secondary N) is 2. The molecular formula is C15H30ClN3O2. The molecule has 2 unspecified atom stereocenters. The Hall–Kier alpha value is -0.360. The van der Waals surface area contributed by atoms with Crippen molar-refractivity contribution in [2.24, 2.45) is 5.92 Å². The van der Waals surface area contributed by atoms with Crippen LogP contribution in [0, 0.1) is 5.92 Å².